The highest BCUT2D eigenvalue weighted by atomic mass is 32.2. The van der Waals surface area contributed by atoms with E-state index in [0.29, 0.717) is 6.04 Å². The smallest absolute Gasteiger partial charge is 0.0286 e. The van der Waals surface area contributed by atoms with Gasteiger partial charge in [-0.1, -0.05) is 54.6 Å². The predicted octanol–water partition coefficient (Wildman–Crippen LogP) is 5.87. The van der Waals surface area contributed by atoms with Crippen LogP contribution in [0.4, 0.5) is 0 Å². The predicted molar refractivity (Wildman–Crippen MR) is 104 cm³/mol. The van der Waals surface area contributed by atoms with Crippen molar-refractivity contribution >= 4 is 18.0 Å². The molecule has 0 aromatic heterocycles. The van der Waals surface area contributed by atoms with Crippen molar-refractivity contribution < 1.29 is 0 Å². The van der Waals surface area contributed by atoms with Gasteiger partial charge >= 0.3 is 0 Å². The lowest BCUT2D eigenvalue weighted by Crippen LogP contribution is -2.20. The molecule has 0 fully saturated rings. The van der Waals surface area contributed by atoms with Gasteiger partial charge in [0.1, 0.15) is 0 Å². The minimum absolute atomic E-state index is 0.471. The summed E-state index contributed by atoms with van der Waals surface area (Å²) in [5.41, 5.74) is 6.61. The molecule has 122 valence electrons. The highest BCUT2D eigenvalue weighted by Gasteiger charge is 2.08. The van der Waals surface area contributed by atoms with E-state index in [2.05, 4.69) is 75.4 Å². The largest absolute Gasteiger partial charge is 0.257 e. The van der Waals surface area contributed by atoms with Gasteiger partial charge in [-0.3, -0.25) is 4.72 Å². The highest BCUT2D eigenvalue weighted by Crippen LogP contribution is 2.26. The van der Waals surface area contributed by atoms with E-state index in [0.717, 1.165) is 12.8 Å². The van der Waals surface area contributed by atoms with Crippen molar-refractivity contribution in [1.82, 2.24) is 4.72 Å². The standard InChI is InChI=1S/C21H27NS/c1-6-19-9-11-20(12-10-19)8-7-18(5)22-23-21-16(3)13-15(2)14-17(21)4/h6,9-14,18,22H,1,7-8H2,2-5H3. The molecule has 1 atom stereocenters. The maximum absolute atomic E-state index is 3.79. The van der Waals surface area contributed by atoms with Crippen LogP contribution in [0.25, 0.3) is 6.08 Å². The zero-order valence-electron chi connectivity index (χ0n) is 14.6. The van der Waals surface area contributed by atoms with E-state index in [9.17, 15) is 0 Å². The molecule has 1 N–H and O–H groups in total. The lowest BCUT2D eigenvalue weighted by atomic mass is 10.0. The van der Waals surface area contributed by atoms with Crippen LogP contribution in [0.2, 0.25) is 0 Å². The van der Waals surface area contributed by atoms with Gasteiger partial charge in [0.05, 0.1) is 0 Å². The van der Waals surface area contributed by atoms with E-state index in [1.165, 1.54) is 32.7 Å². The van der Waals surface area contributed by atoms with Crippen LogP contribution in [-0.2, 0) is 6.42 Å². The Morgan fingerprint density at radius 1 is 1.09 bits per heavy atom. The minimum Gasteiger partial charge on any atom is -0.257 e. The summed E-state index contributed by atoms with van der Waals surface area (Å²) in [5.74, 6) is 0. The first-order valence-corrected chi connectivity index (χ1v) is 9.03. The summed E-state index contributed by atoms with van der Waals surface area (Å²) < 4.78 is 3.59. The Labute approximate surface area is 145 Å². The first-order chi connectivity index (χ1) is 11.0. The van der Waals surface area contributed by atoms with Crippen molar-refractivity contribution in [3.8, 4) is 0 Å². The molecule has 0 saturated carbocycles. The molecule has 1 nitrogen and oxygen atoms in total. The number of hydrogen-bond donors (Lipinski definition) is 1. The maximum atomic E-state index is 3.79. The molecule has 0 aliphatic heterocycles. The summed E-state index contributed by atoms with van der Waals surface area (Å²) in [6.45, 7) is 12.6. The van der Waals surface area contributed by atoms with Crippen LogP contribution in [-0.4, -0.2) is 6.04 Å². The second kappa shape index (κ2) is 8.37. The van der Waals surface area contributed by atoms with Crippen molar-refractivity contribution in [2.75, 3.05) is 0 Å². The highest BCUT2D eigenvalue weighted by molar-refractivity contribution is 7.97. The molecule has 0 amide bonds. The number of nitrogens with one attached hydrogen (secondary N) is 1. The first-order valence-electron chi connectivity index (χ1n) is 8.21. The summed E-state index contributed by atoms with van der Waals surface area (Å²) in [7, 11) is 0. The molecular formula is C21H27NS. The normalized spacial score (nSPS) is 12.2. The Morgan fingerprint density at radius 3 is 2.26 bits per heavy atom. The van der Waals surface area contributed by atoms with Gasteiger partial charge in [-0.15, -0.1) is 0 Å². The lowest BCUT2D eigenvalue weighted by molar-refractivity contribution is 0.628. The van der Waals surface area contributed by atoms with Gasteiger partial charge in [0.2, 0.25) is 0 Å². The molecular weight excluding hydrogens is 298 g/mol. The van der Waals surface area contributed by atoms with E-state index in [-0.39, 0.29) is 0 Å². The van der Waals surface area contributed by atoms with E-state index >= 15 is 0 Å². The molecule has 2 aromatic rings. The molecule has 0 heterocycles. The van der Waals surface area contributed by atoms with Gasteiger partial charge in [-0.25, -0.2) is 0 Å². The Bertz CT molecular complexity index is 635. The van der Waals surface area contributed by atoms with E-state index in [1.807, 2.05) is 6.08 Å². The van der Waals surface area contributed by atoms with E-state index < -0.39 is 0 Å². The van der Waals surface area contributed by atoms with Gasteiger partial charge in [0.15, 0.2) is 0 Å². The molecule has 2 aromatic carbocycles. The van der Waals surface area contributed by atoms with Crippen LogP contribution < -0.4 is 4.72 Å². The molecule has 0 saturated heterocycles. The van der Waals surface area contributed by atoms with Crippen LogP contribution in [0, 0.1) is 20.8 Å². The average molecular weight is 326 g/mol. The number of rotatable bonds is 7. The quantitative estimate of drug-likeness (QED) is 0.639. The topological polar surface area (TPSA) is 12.0 Å². The first kappa shape index (κ1) is 17.8. The molecule has 23 heavy (non-hydrogen) atoms. The monoisotopic (exact) mass is 325 g/mol. The van der Waals surface area contributed by atoms with Gasteiger partial charge in [0, 0.05) is 10.9 Å². The molecule has 0 aliphatic carbocycles. The Kier molecular flexibility index (Phi) is 6.49. The fourth-order valence-corrected chi connectivity index (χ4v) is 3.63. The van der Waals surface area contributed by atoms with Crippen LogP contribution >= 0.6 is 11.9 Å². The molecule has 0 aliphatic rings. The molecule has 0 radical (unpaired) electrons. The van der Waals surface area contributed by atoms with E-state index in [1.54, 1.807) is 11.9 Å². The summed E-state index contributed by atoms with van der Waals surface area (Å²) in [4.78, 5) is 1.36. The number of benzene rings is 2. The van der Waals surface area contributed by atoms with Crippen molar-refractivity contribution in [2.24, 2.45) is 0 Å². The van der Waals surface area contributed by atoms with Crippen LogP contribution in [0.3, 0.4) is 0 Å². The SMILES string of the molecule is C=Cc1ccc(CCC(C)NSc2c(C)cc(C)cc2C)cc1. The fourth-order valence-electron chi connectivity index (χ4n) is 2.75. The lowest BCUT2D eigenvalue weighted by Gasteiger charge is -2.16. The third-order valence-corrected chi connectivity index (χ3v) is 5.42. The molecule has 2 heteroatoms. The van der Waals surface area contributed by atoms with Crippen LogP contribution in [0.5, 0.6) is 0 Å². The summed E-state index contributed by atoms with van der Waals surface area (Å²) in [6.07, 6.45) is 4.11. The Balaban J connectivity index is 1.85. The van der Waals surface area contributed by atoms with Crippen LogP contribution in [0.15, 0.2) is 47.9 Å². The Morgan fingerprint density at radius 2 is 1.70 bits per heavy atom. The van der Waals surface area contributed by atoms with E-state index in [4.69, 9.17) is 0 Å². The van der Waals surface area contributed by atoms with Crippen molar-refractivity contribution in [3.63, 3.8) is 0 Å². The molecule has 2 rings (SSSR count). The van der Waals surface area contributed by atoms with Gasteiger partial charge < -0.3 is 0 Å². The second-order valence-corrected chi connectivity index (χ2v) is 7.18. The zero-order valence-corrected chi connectivity index (χ0v) is 15.5. The summed E-state index contributed by atoms with van der Waals surface area (Å²) in [6, 6.07) is 13.6. The third-order valence-electron chi connectivity index (χ3n) is 4.05. The second-order valence-electron chi connectivity index (χ2n) is 6.33. The zero-order chi connectivity index (χ0) is 16.8. The average Bonchev–Trinajstić information content (AvgIpc) is 2.52. The summed E-state index contributed by atoms with van der Waals surface area (Å²) >= 11 is 1.77. The van der Waals surface area contributed by atoms with Crippen molar-refractivity contribution in [3.05, 3.63) is 70.8 Å². The van der Waals surface area contributed by atoms with Gasteiger partial charge in [0.25, 0.3) is 0 Å². The number of aryl methyl sites for hydroxylation is 4. The molecule has 0 spiro atoms. The molecule has 0 bridgehead atoms. The van der Waals surface area contributed by atoms with Crippen molar-refractivity contribution in [1.29, 1.82) is 0 Å². The minimum atomic E-state index is 0.471. The summed E-state index contributed by atoms with van der Waals surface area (Å²) in [5, 5.41) is 0. The van der Waals surface area contributed by atoms with Crippen molar-refractivity contribution in [2.45, 2.75) is 51.5 Å². The van der Waals surface area contributed by atoms with Gasteiger partial charge in [-0.2, -0.15) is 0 Å². The molecule has 1 unspecified atom stereocenters. The Hall–Kier alpha value is -1.51. The fraction of sp³-hybridized carbons (Fsp3) is 0.333. The van der Waals surface area contributed by atoms with Gasteiger partial charge in [-0.05, 0) is 74.7 Å². The van der Waals surface area contributed by atoms with Crippen LogP contribution in [0.1, 0.15) is 41.2 Å². The number of hydrogen-bond acceptors (Lipinski definition) is 2. The third kappa shape index (κ3) is 5.26. The maximum Gasteiger partial charge on any atom is 0.0286 e.